The SMILES string of the molecule is CCC(C)N(C)CCNC(=NC)NCC1(CC)CCC1.I. The highest BCUT2D eigenvalue weighted by molar-refractivity contribution is 14.0. The van der Waals surface area contributed by atoms with Gasteiger partial charge in [0.15, 0.2) is 5.96 Å². The quantitative estimate of drug-likeness (QED) is 0.367. The Morgan fingerprint density at radius 3 is 2.38 bits per heavy atom. The van der Waals surface area contributed by atoms with Gasteiger partial charge in [-0.1, -0.05) is 20.3 Å². The third-order valence-corrected chi connectivity index (χ3v) is 5.12. The molecule has 1 atom stereocenters. The fourth-order valence-electron chi connectivity index (χ4n) is 2.71. The molecule has 0 amide bonds. The maximum Gasteiger partial charge on any atom is 0.191 e. The molecular formula is C16H35IN4. The van der Waals surface area contributed by atoms with Crippen molar-refractivity contribution < 1.29 is 0 Å². The molecule has 0 aromatic carbocycles. The zero-order valence-electron chi connectivity index (χ0n) is 14.5. The van der Waals surface area contributed by atoms with Crippen molar-refractivity contribution in [3.63, 3.8) is 0 Å². The summed E-state index contributed by atoms with van der Waals surface area (Å²) in [7, 11) is 4.04. The number of nitrogens with one attached hydrogen (secondary N) is 2. The maximum atomic E-state index is 4.32. The van der Waals surface area contributed by atoms with Crippen LogP contribution in [0.4, 0.5) is 0 Å². The van der Waals surface area contributed by atoms with Gasteiger partial charge in [0.05, 0.1) is 0 Å². The molecule has 2 N–H and O–H groups in total. The van der Waals surface area contributed by atoms with E-state index in [0.29, 0.717) is 11.5 Å². The first-order chi connectivity index (χ1) is 9.56. The molecule has 5 heteroatoms. The minimum atomic E-state index is 0. The lowest BCUT2D eigenvalue weighted by Gasteiger charge is -2.41. The molecule has 1 saturated carbocycles. The minimum Gasteiger partial charge on any atom is -0.356 e. The Labute approximate surface area is 148 Å². The summed E-state index contributed by atoms with van der Waals surface area (Å²) in [4.78, 5) is 6.71. The lowest BCUT2D eigenvalue weighted by molar-refractivity contribution is 0.131. The summed E-state index contributed by atoms with van der Waals surface area (Å²) >= 11 is 0. The number of hydrogen-bond acceptors (Lipinski definition) is 2. The zero-order valence-corrected chi connectivity index (χ0v) is 16.9. The van der Waals surface area contributed by atoms with Gasteiger partial charge in [0, 0.05) is 32.7 Å². The molecule has 0 spiro atoms. The summed E-state index contributed by atoms with van der Waals surface area (Å²) in [6.07, 6.45) is 6.59. The average Bonchev–Trinajstić information content (AvgIpc) is 2.43. The molecule has 1 rings (SSSR count). The van der Waals surface area contributed by atoms with Crippen molar-refractivity contribution in [1.82, 2.24) is 15.5 Å². The predicted molar refractivity (Wildman–Crippen MR) is 104 cm³/mol. The van der Waals surface area contributed by atoms with E-state index in [1.54, 1.807) is 0 Å². The Balaban J connectivity index is 0.00000400. The summed E-state index contributed by atoms with van der Waals surface area (Å²) in [5, 5.41) is 6.92. The van der Waals surface area contributed by atoms with Crippen LogP contribution in [0.5, 0.6) is 0 Å². The zero-order chi connectivity index (χ0) is 15.0. The molecule has 0 aromatic rings. The number of halogens is 1. The summed E-state index contributed by atoms with van der Waals surface area (Å²) < 4.78 is 0. The van der Waals surface area contributed by atoms with Crippen LogP contribution in [0.1, 0.15) is 52.9 Å². The number of aliphatic imine (C=N–C) groups is 1. The van der Waals surface area contributed by atoms with Crippen LogP contribution in [0.3, 0.4) is 0 Å². The van der Waals surface area contributed by atoms with E-state index >= 15 is 0 Å². The van der Waals surface area contributed by atoms with Crippen LogP contribution in [-0.2, 0) is 0 Å². The summed E-state index contributed by atoms with van der Waals surface area (Å²) in [5.41, 5.74) is 0.533. The van der Waals surface area contributed by atoms with Gasteiger partial charge >= 0.3 is 0 Å². The highest BCUT2D eigenvalue weighted by Gasteiger charge is 2.34. The fraction of sp³-hybridized carbons (Fsp3) is 0.938. The second-order valence-electron chi connectivity index (χ2n) is 6.30. The Kier molecular flexibility index (Phi) is 10.6. The van der Waals surface area contributed by atoms with Gasteiger partial charge in [-0.2, -0.15) is 0 Å². The van der Waals surface area contributed by atoms with Crippen LogP contribution in [-0.4, -0.2) is 50.6 Å². The van der Waals surface area contributed by atoms with Crippen LogP contribution in [0.15, 0.2) is 4.99 Å². The molecule has 0 aliphatic heterocycles. The average molecular weight is 410 g/mol. The van der Waals surface area contributed by atoms with Crippen molar-refractivity contribution in [3.8, 4) is 0 Å². The van der Waals surface area contributed by atoms with Crippen LogP contribution < -0.4 is 10.6 Å². The summed E-state index contributed by atoms with van der Waals surface area (Å²) in [6, 6.07) is 0.644. The third-order valence-electron chi connectivity index (χ3n) is 5.12. The van der Waals surface area contributed by atoms with Crippen molar-refractivity contribution in [2.45, 2.75) is 58.9 Å². The van der Waals surface area contributed by atoms with Gasteiger partial charge < -0.3 is 15.5 Å². The van der Waals surface area contributed by atoms with Crippen LogP contribution >= 0.6 is 24.0 Å². The summed E-state index contributed by atoms with van der Waals surface area (Å²) in [5.74, 6) is 0.947. The van der Waals surface area contributed by atoms with E-state index in [4.69, 9.17) is 0 Å². The van der Waals surface area contributed by atoms with Crippen LogP contribution in [0.2, 0.25) is 0 Å². The number of nitrogens with zero attached hydrogens (tertiary/aromatic N) is 2. The van der Waals surface area contributed by atoms with Crippen molar-refractivity contribution in [2.75, 3.05) is 33.7 Å². The number of likely N-dealkylation sites (N-methyl/N-ethyl adjacent to an activating group) is 1. The van der Waals surface area contributed by atoms with Crippen LogP contribution in [0, 0.1) is 5.41 Å². The molecule has 1 aliphatic carbocycles. The highest BCUT2D eigenvalue weighted by Crippen LogP contribution is 2.42. The van der Waals surface area contributed by atoms with E-state index in [-0.39, 0.29) is 24.0 Å². The first kappa shape index (κ1) is 21.0. The van der Waals surface area contributed by atoms with Gasteiger partial charge in [-0.05, 0) is 45.1 Å². The van der Waals surface area contributed by atoms with E-state index in [2.05, 4.69) is 48.3 Å². The van der Waals surface area contributed by atoms with Crippen molar-refractivity contribution in [1.29, 1.82) is 0 Å². The fourth-order valence-corrected chi connectivity index (χ4v) is 2.71. The maximum absolute atomic E-state index is 4.32. The monoisotopic (exact) mass is 410 g/mol. The molecule has 0 radical (unpaired) electrons. The molecule has 0 heterocycles. The standard InChI is InChI=1S/C16H34N4.HI/c1-6-14(3)20(5)12-11-18-15(17-4)19-13-16(7-2)9-8-10-16;/h14H,6-13H2,1-5H3,(H2,17,18,19);1H. The number of guanidine groups is 1. The second-order valence-corrected chi connectivity index (χ2v) is 6.30. The number of hydrogen-bond donors (Lipinski definition) is 2. The third kappa shape index (κ3) is 6.72. The summed E-state index contributed by atoms with van der Waals surface area (Å²) in [6.45, 7) is 9.86. The first-order valence-electron chi connectivity index (χ1n) is 8.21. The van der Waals surface area contributed by atoms with E-state index < -0.39 is 0 Å². The molecule has 1 unspecified atom stereocenters. The Morgan fingerprint density at radius 1 is 1.29 bits per heavy atom. The molecule has 0 aromatic heterocycles. The van der Waals surface area contributed by atoms with Gasteiger partial charge in [0.25, 0.3) is 0 Å². The van der Waals surface area contributed by atoms with E-state index in [9.17, 15) is 0 Å². The molecule has 0 bridgehead atoms. The molecule has 1 fully saturated rings. The Bertz CT molecular complexity index is 297. The molecule has 1 aliphatic rings. The lowest BCUT2D eigenvalue weighted by Crippen LogP contribution is -2.47. The minimum absolute atomic E-state index is 0. The molecule has 126 valence electrons. The van der Waals surface area contributed by atoms with E-state index in [0.717, 1.165) is 25.6 Å². The molecule has 21 heavy (non-hydrogen) atoms. The Hall–Kier alpha value is -0.0400. The number of rotatable bonds is 8. The van der Waals surface area contributed by atoms with Gasteiger partial charge in [0.1, 0.15) is 0 Å². The van der Waals surface area contributed by atoms with E-state index in [1.165, 1.54) is 32.1 Å². The van der Waals surface area contributed by atoms with E-state index in [1.807, 2.05) is 7.05 Å². The largest absolute Gasteiger partial charge is 0.356 e. The van der Waals surface area contributed by atoms with Gasteiger partial charge in [-0.15, -0.1) is 24.0 Å². The predicted octanol–water partition coefficient (Wildman–Crippen LogP) is 3.08. The Morgan fingerprint density at radius 2 is 1.95 bits per heavy atom. The topological polar surface area (TPSA) is 39.7 Å². The lowest BCUT2D eigenvalue weighted by atomic mass is 9.67. The van der Waals surface area contributed by atoms with Crippen molar-refractivity contribution in [3.05, 3.63) is 0 Å². The van der Waals surface area contributed by atoms with Gasteiger partial charge in [-0.3, -0.25) is 4.99 Å². The van der Waals surface area contributed by atoms with Gasteiger partial charge in [0.2, 0.25) is 0 Å². The van der Waals surface area contributed by atoms with Crippen molar-refractivity contribution in [2.24, 2.45) is 10.4 Å². The first-order valence-corrected chi connectivity index (χ1v) is 8.21. The highest BCUT2D eigenvalue weighted by atomic mass is 127. The normalized spacial score (nSPS) is 18.7. The molecule has 4 nitrogen and oxygen atoms in total. The molecule has 0 saturated heterocycles. The van der Waals surface area contributed by atoms with Crippen molar-refractivity contribution >= 4 is 29.9 Å². The van der Waals surface area contributed by atoms with Crippen LogP contribution in [0.25, 0.3) is 0 Å². The smallest absolute Gasteiger partial charge is 0.191 e. The molecular weight excluding hydrogens is 375 g/mol. The van der Waals surface area contributed by atoms with Gasteiger partial charge in [-0.25, -0.2) is 0 Å². The second kappa shape index (κ2) is 10.6.